The Morgan fingerprint density at radius 3 is 2.41 bits per heavy atom. The quantitative estimate of drug-likeness (QED) is 0.604. The Kier molecular flexibility index (Phi) is 5.91. The molecule has 0 aromatic heterocycles. The first kappa shape index (κ1) is 20.4. The van der Waals surface area contributed by atoms with E-state index in [1.54, 1.807) is 13.8 Å². The van der Waals surface area contributed by atoms with Crippen molar-refractivity contribution in [2.24, 2.45) is 0 Å². The molecule has 1 aliphatic heterocycles. The summed E-state index contributed by atoms with van der Waals surface area (Å²) >= 11 is 0. The fourth-order valence-corrected chi connectivity index (χ4v) is 3.48. The summed E-state index contributed by atoms with van der Waals surface area (Å²) in [6, 6.07) is 8.73. The minimum Gasteiger partial charge on any atom is -0.462 e. The van der Waals surface area contributed by atoms with E-state index in [0.29, 0.717) is 37.3 Å². The van der Waals surface area contributed by atoms with Crippen LogP contribution in [0.25, 0.3) is 11.1 Å². The molecule has 4 N–H and O–H groups in total. The van der Waals surface area contributed by atoms with Gasteiger partial charge in [0.15, 0.2) is 0 Å². The van der Waals surface area contributed by atoms with Gasteiger partial charge in [-0.1, -0.05) is 12.1 Å². The molecule has 0 aliphatic carbocycles. The summed E-state index contributed by atoms with van der Waals surface area (Å²) in [5, 5.41) is 0. The average Bonchev–Trinajstić information content (AvgIpc) is 2.71. The first-order valence-corrected chi connectivity index (χ1v) is 9.49. The Labute approximate surface area is 169 Å². The molecule has 0 saturated carbocycles. The number of nitrogen functional groups attached to an aromatic ring is 2. The summed E-state index contributed by atoms with van der Waals surface area (Å²) in [7, 11) is 0. The maximum absolute atomic E-state index is 14.6. The van der Waals surface area contributed by atoms with Gasteiger partial charge in [-0.2, -0.15) is 0 Å². The summed E-state index contributed by atoms with van der Waals surface area (Å²) in [5.74, 6) is -1.54. The van der Waals surface area contributed by atoms with Crippen LogP contribution in [0, 0.1) is 5.82 Å². The molecule has 0 radical (unpaired) electrons. The van der Waals surface area contributed by atoms with E-state index < -0.39 is 11.8 Å². The number of carbonyl (C=O) groups is 2. The van der Waals surface area contributed by atoms with E-state index in [0.717, 1.165) is 5.69 Å². The van der Waals surface area contributed by atoms with E-state index in [-0.39, 0.29) is 29.5 Å². The smallest absolute Gasteiger partial charge is 0.343 e. The van der Waals surface area contributed by atoms with Crippen molar-refractivity contribution in [3.63, 3.8) is 0 Å². The van der Waals surface area contributed by atoms with Crippen LogP contribution in [0.4, 0.5) is 21.5 Å². The summed E-state index contributed by atoms with van der Waals surface area (Å²) in [6.07, 6.45) is 0. The van der Waals surface area contributed by atoms with Crippen LogP contribution in [0.1, 0.15) is 24.2 Å². The Balaban J connectivity index is 1.91. The first-order valence-electron chi connectivity index (χ1n) is 9.49. The zero-order chi connectivity index (χ0) is 21.1. The molecule has 1 fully saturated rings. The fourth-order valence-electron chi connectivity index (χ4n) is 3.48. The number of halogens is 1. The Hall–Kier alpha value is -3.29. The van der Waals surface area contributed by atoms with Gasteiger partial charge in [0.1, 0.15) is 11.4 Å². The molecule has 1 aliphatic rings. The standard InChI is InChI=1S/C21H25FN4O3/c1-3-29-21(28)18-17(22)12-16(19(23)20(18)24)14-5-4-6-15(11-14)26-9-7-25(8-10-26)13(2)27/h4-6,11-12H,3,7-10,23-24H2,1-2H3. The number of benzene rings is 2. The molecular formula is C21H25FN4O3. The molecule has 0 spiro atoms. The molecule has 154 valence electrons. The predicted molar refractivity (Wildman–Crippen MR) is 111 cm³/mol. The number of ether oxygens (including phenoxy) is 1. The van der Waals surface area contributed by atoms with Crippen molar-refractivity contribution >= 4 is 28.9 Å². The van der Waals surface area contributed by atoms with Gasteiger partial charge in [0, 0.05) is 44.4 Å². The predicted octanol–water partition coefficient (Wildman–Crippen LogP) is 2.50. The molecular weight excluding hydrogens is 375 g/mol. The van der Waals surface area contributed by atoms with Crippen LogP contribution in [0.3, 0.4) is 0 Å². The molecule has 0 atom stereocenters. The molecule has 2 aromatic carbocycles. The molecule has 29 heavy (non-hydrogen) atoms. The van der Waals surface area contributed by atoms with Gasteiger partial charge >= 0.3 is 5.97 Å². The average molecular weight is 400 g/mol. The van der Waals surface area contributed by atoms with E-state index in [1.807, 2.05) is 29.2 Å². The minimum atomic E-state index is -0.835. The monoisotopic (exact) mass is 400 g/mol. The highest BCUT2D eigenvalue weighted by molar-refractivity contribution is 6.01. The van der Waals surface area contributed by atoms with Crippen molar-refractivity contribution in [1.82, 2.24) is 4.90 Å². The number of hydrogen-bond acceptors (Lipinski definition) is 6. The highest BCUT2D eigenvalue weighted by atomic mass is 19.1. The number of piperazine rings is 1. The normalized spacial score (nSPS) is 14.0. The summed E-state index contributed by atoms with van der Waals surface area (Å²) in [4.78, 5) is 27.5. The number of carbonyl (C=O) groups excluding carboxylic acids is 2. The third kappa shape index (κ3) is 4.11. The van der Waals surface area contributed by atoms with Crippen LogP contribution in [-0.2, 0) is 9.53 Å². The largest absolute Gasteiger partial charge is 0.462 e. The number of hydrogen-bond donors (Lipinski definition) is 2. The lowest BCUT2D eigenvalue weighted by atomic mass is 9.98. The van der Waals surface area contributed by atoms with Gasteiger partial charge in [-0.25, -0.2) is 9.18 Å². The maximum atomic E-state index is 14.6. The third-order valence-corrected chi connectivity index (χ3v) is 5.09. The molecule has 1 heterocycles. The second kappa shape index (κ2) is 8.38. The lowest BCUT2D eigenvalue weighted by Crippen LogP contribution is -2.48. The highest BCUT2D eigenvalue weighted by Crippen LogP contribution is 2.36. The first-order chi connectivity index (χ1) is 13.8. The van der Waals surface area contributed by atoms with Crippen LogP contribution in [0.15, 0.2) is 30.3 Å². The van der Waals surface area contributed by atoms with Crippen LogP contribution >= 0.6 is 0 Å². The van der Waals surface area contributed by atoms with Crippen molar-refractivity contribution in [1.29, 1.82) is 0 Å². The van der Waals surface area contributed by atoms with E-state index in [9.17, 15) is 14.0 Å². The number of esters is 1. The number of nitrogens with zero attached hydrogens (tertiary/aromatic N) is 2. The Morgan fingerprint density at radius 1 is 1.10 bits per heavy atom. The molecule has 0 bridgehead atoms. The molecule has 0 unspecified atom stereocenters. The fraction of sp³-hybridized carbons (Fsp3) is 0.333. The third-order valence-electron chi connectivity index (χ3n) is 5.09. The van der Waals surface area contributed by atoms with Crippen LogP contribution in [0.2, 0.25) is 0 Å². The van der Waals surface area contributed by atoms with Crippen molar-refractivity contribution < 1.29 is 18.7 Å². The van der Waals surface area contributed by atoms with Gasteiger partial charge in [0.25, 0.3) is 0 Å². The summed E-state index contributed by atoms with van der Waals surface area (Å²) in [6.45, 7) is 6.02. The minimum absolute atomic E-state index is 0.0683. The van der Waals surface area contributed by atoms with Crippen LogP contribution < -0.4 is 16.4 Å². The molecule has 3 rings (SSSR count). The maximum Gasteiger partial charge on any atom is 0.343 e. The Morgan fingerprint density at radius 2 is 1.79 bits per heavy atom. The molecule has 1 amide bonds. The summed E-state index contributed by atoms with van der Waals surface area (Å²) < 4.78 is 19.5. The van der Waals surface area contributed by atoms with Crippen molar-refractivity contribution in [3.8, 4) is 11.1 Å². The lowest BCUT2D eigenvalue weighted by molar-refractivity contribution is -0.129. The SMILES string of the molecule is CCOC(=O)c1c(F)cc(-c2cccc(N3CCN(C(C)=O)CC3)c2)c(N)c1N. The van der Waals surface area contributed by atoms with Gasteiger partial charge in [-0.15, -0.1) is 0 Å². The second-order valence-corrected chi connectivity index (χ2v) is 6.87. The van der Waals surface area contributed by atoms with Crippen molar-refractivity contribution in [3.05, 3.63) is 41.7 Å². The molecule has 1 saturated heterocycles. The lowest BCUT2D eigenvalue weighted by Gasteiger charge is -2.35. The highest BCUT2D eigenvalue weighted by Gasteiger charge is 2.23. The second-order valence-electron chi connectivity index (χ2n) is 6.87. The van der Waals surface area contributed by atoms with E-state index >= 15 is 0 Å². The van der Waals surface area contributed by atoms with Crippen molar-refractivity contribution in [2.45, 2.75) is 13.8 Å². The molecule has 7 nitrogen and oxygen atoms in total. The Bertz CT molecular complexity index is 940. The molecule has 8 heteroatoms. The van der Waals surface area contributed by atoms with Crippen LogP contribution in [0.5, 0.6) is 0 Å². The molecule has 2 aromatic rings. The number of nitrogens with two attached hydrogens (primary N) is 2. The van der Waals surface area contributed by atoms with Gasteiger partial charge in [-0.05, 0) is 30.7 Å². The number of amides is 1. The van der Waals surface area contributed by atoms with Gasteiger partial charge in [0.2, 0.25) is 5.91 Å². The summed E-state index contributed by atoms with van der Waals surface area (Å²) in [5.41, 5.74) is 13.8. The van der Waals surface area contributed by atoms with Gasteiger partial charge < -0.3 is 26.0 Å². The van der Waals surface area contributed by atoms with E-state index in [2.05, 4.69) is 4.90 Å². The topological polar surface area (TPSA) is 102 Å². The number of rotatable bonds is 4. The van der Waals surface area contributed by atoms with Gasteiger partial charge in [0.05, 0.1) is 18.0 Å². The van der Waals surface area contributed by atoms with E-state index in [4.69, 9.17) is 16.2 Å². The number of anilines is 3. The van der Waals surface area contributed by atoms with Crippen LogP contribution in [-0.4, -0.2) is 49.6 Å². The van der Waals surface area contributed by atoms with E-state index in [1.165, 1.54) is 6.07 Å². The van der Waals surface area contributed by atoms with Gasteiger partial charge in [-0.3, -0.25) is 4.79 Å². The zero-order valence-electron chi connectivity index (χ0n) is 16.6. The van der Waals surface area contributed by atoms with Crippen molar-refractivity contribution in [2.75, 3.05) is 49.2 Å². The zero-order valence-corrected chi connectivity index (χ0v) is 16.6.